The molecular formula is C21H22N4OS. The molecule has 0 aliphatic heterocycles. The summed E-state index contributed by atoms with van der Waals surface area (Å²) in [6.45, 7) is 4.87. The van der Waals surface area contributed by atoms with Crippen LogP contribution in [0.4, 0.5) is 0 Å². The maximum atomic E-state index is 5.47. The number of rotatable bonds is 6. The van der Waals surface area contributed by atoms with Crippen molar-refractivity contribution in [1.29, 1.82) is 0 Å². The van der Waals surface area contributed by atoms with Gasteiger partial charge < -0.3 is 4.52 Å². The van der Waals surface area contributed by atoms with Crippen LogP contribution in [-0.2, 0) is 13.0 Å². The van der Waals surface area contributed by atoms with Gasteiger partial charge in [-0.2, -0.15) is 4.98 Å². The summed E-state index contributed by atoms with van der Waals surface area (Å²) in [5.41, 5.74) is 3.32. The van der Waals surface area contributed by atoms with E-state index in [0.29, 0.717) is 18.3 Å². The number of aromatic nitrogens is 3. The SMILES string of the molecule is CCc1ccc(-c2noc(CN(C)C(C)c3nc4ccccc4s3)n2)cc1. The Bertz CT molecular complexity index is 1000. The van der Waals surface area contributed by atoms with Crippen molar-refractivity contribution >= 4 is 21.6 Å². The molecule has 0 bridgehead atoms. The van der Waals surface area contributed by atoms with Gasteiger partial charge in [-0.1, -0.05) is 48.5 Å². The van der Waals surface area contributed by atoms with Crippen molar-refractivity contribution in [1.82, 2.24) is 20.0 Å². The lowest BCUT2D eigenvalue weighted by atomic mass is 10.1. The average molecular weight is 379 g/mol. The molecular weight excluding hydrogens is 356 g/mol. The highest BCUT2D eigenvalue weighted by molar-refractivity contribution is 7.18. The number of thiazole rings is 1. The molecule has 0 fully saturated rings. The van der Waals surface area contributed by atoms with E-state index in [1.54, 1.807) is 11.3 Å². The van der Waals surface area contributed by atoms with E-state index in [-0.39, 0.29) is 6.04 Å². The first-order valence-corrected chi connectivity index (χ1v) is 9.93. The lowest BCUT2D eigenvalue weighted by Gasteiger charge is -2.20. The van der Waals surface area contributed by atoms with Crippen molar-refractivity contribution in [2.45, 2.75) is 32.9 Å². The van der Waals surface area contributed by atoms with Crippen molar-refractivity contribution in [3.8, 4) is 11.4 Å². The molecule has 2 aromatic carbocycles. The third-order valence-electron chi connectivity index (χ3n) is 4.80. The molecule has 0 N–H and O–H groups in total. The minimum atomic E-state index is 0.168. The highest BCUT2D eigenvalue weighted by Crippen LogP contribution is 2.29. The molecule has 0 amide bonds. The Morgan fingerprint density at radius 3 is 2.59 bits per heavy atom. The monoisotopic (exact) mass is 378 g/mol. The third-order valence-corrected chi connectivity index (χ3v) is 6.01. The van der Waals surface area contributed by atoms with Crippen LogP contribution in [0.2, 0.25) is 0 Å². The number of aryl methyl sites for hydroxylation is 1. The first kappa shape index (κ1) is 17.8. The summed E-state index contributed by atoms with van der Waals surface area (Å²) in [7, 11) is 2.05. The summed E-state index contributed by atoms with van der Waals surface area (Å²) in [6, 6.07) is 16.7. The molecule has 1 atom stereocenters. The van der Waals surface area contributed by atoms with E-state index in [2.05, 4.69) is 60.2 Å². The summed E-state index contributed by atoms with van der Waals surface area (Å²) in [5.74, 6) is 1.24. The van der Waals surface area contributed by atoms with Crippen molar-refractivity contribution in [3.63, 3.8) is 0 Å². The van der Waals surface area contributed by atoms with Gasteiger partial charge in [0.15, 0.2) is 0 Å². The molecule has 1 unspecified atom stereocenters. The Balaban J connectivity index is 1.47. The first-order valence-electron chi connectivity index (χ1n) is 9.11. The van der Waals surface area contributed by atoms with E-state index in [9.17, 15) is 0 Å². The van der Waals surface area contributed by atoms with Gasteiger partial charge >= 0.3 is 0 Å². The van der Waals surface area contributed by atoms with E-state index in [4.69, 9.17) is 9.51 Å². The number of hydrogen-bond donors (Lipinski definition) is 0. The van der Waals surface area contributed by atoms with Crippen LogP contribution in [0, 0.1) is 0 Å². The second-order valence-electron chi connectivity index (χ2n) is 6.67. The van der Waals surface area contributed by atoms with Crippen LogP contribution in [0.15, 0.2) is 53.1 Å². The fourth-order valence-electron chi connectivity index (χ4n) is 2.93. The van der Waals surface area contributed by atoms with Gasteiger partial charge in [0.05, 0.1) is 22.8 Å². The molecule has 2 aromatic heterocycles. The van der Waals surface area contributed by atoms with E-state index >= 15 is 0 Å². The van der Waals surface area contributed by atoms with Gasteiger partial charge in [-0.3, -0.25) is 4.90 Å². The van der Waals surface area contributed by atoms with Gasteiger partial charge in [-0.25, -0.2) is 4.98 Å². The van der Waals surface area contributed by atoms with E-state index < -0.39 is 0 Å². The molecule has 138 valence electrons. The third kappa shape index (κ3) is 3.77. The second kappa shape index (κ2) is 7.58. The van der Waals surface area contributed by atoms with Gasteiger partial charge in [0, 0.05) is 5.56 Å². The molecule has 27 heavy (non-hydrogen) atoms. The zero-order valence-electron chi connectivity index (χ0n) is 15.7. The van der Waals surface area contributed by atoms with Crippen LogP contribution in [0.25, 0.3) is 21.6 Å². The summed E-state index contributed by atoms with van der Waals surface area (Å²) in [5, 5.41) is 5.23. The Kier molecular flexibility index (Phi) is 5.01. The Hall–Kier alpha value is -2.57. The van der Waals surface area contributed by atoms with E-state index in [0.717, 1.165) is 22.5 Å². The topological polar surface area (TPSA) is 55.1 Å². The summed E-state index contributed by atoms with van der Waals surface area (Å²) >= 11 is 1.73. The van der Waals surface area contributed by atoms with Crippen molar-refractivity contribution in [3.05, 3.63) is 65.0 Å². The predicted octanol–water partition coefficient (Wildman–Crippen LogP) is 5.10. The van der Waals surface area contributed by atoms with Crippen LogP contribution in [0.1, 0.15) is 36.4 Å². The van der Waals surface area contributed by atoms with Crippen LogP contribution < -0.4 is 0 Å². The average Bonchev–Trinajstić information content (AvgIpc) is 3.34. The summed E-state index contributed by atoms with van der Waals surface area (Å²) in [6.07, 6.45) is 1.02. The Morgan fingerprint density at radius 1 is 1.07 bits per heavy atom. The maximum absolute atomic E-state index is 5.47. The number of nitrogens with zero attached hydrogens (tertiary/aromatic N) is 4. The van der Waals surface area contributed by atoms with Gasteiger partial charge in [0.25, 0.3) is 0 Å². The zero-order chi connectivity index (χ0) is 18.8. The molecule has 0 radical (unpaired) electrons. The Morgan fingerprint density at radius 2 is 1.85 bits per heavy atom. The fraction of sp³-hybridized carbons (Fsp3) is 0.286. The molecule has 6 heteroatoms. The number of para-hydroxylation sites is 1. The van der Waals surface area contributed by atoms with Gasteiger partial charge in [0.1, 0.15) is 5.01 Å². The zero-order valence-corrected chi connectivity index (χ0v) is 16.5. The van der Waals surface area contributed by atoms with Crippen LogP contribution in [-0.4, -0.2) is 27.1 Å². The molecule has 4 aromatic rings. The van der Waals surface area contributed by atoms with E-state index in [1.165, 1.54) is 10.3 Å². The fourth-order valence-corrected chi connectivity index (χ4v) is 4.02. The van der Waals surface area contributed by atoms with Crippen LogP contribution >= 0.6 is 11.3 Å². The molecule has 5 nitrogen and oxygen atoms in total. The van der Waals surface area contributed by atoms with Crippen molar-refractivity contribution < 1.29 is 4.52 Å². The summed E-state index contributed by atoms with van der Waals surface area (Å²) < 4.78 is 6.68. The quantitative estimate of drug-likeness (QED) is 0.467. The Labute approximate surface area is 162 Å². The molecule has 0 saturated heterocycles. The minimum Gasteiger partial charge on any atom is -0.338 e. The smallest absolute Gasteiger partial charge is 0.241 e. The first-order chi connectivity index (χ1) is 13.1. The van der Waals surface area contributed by atoms with Crippen molar-refractivity contribution in [2.24, 2.45) is 0 Å². The molecule has 0 aliphatic carbocycles. The van der Waals surface area contributed by atoms with Gasteiger partial charge in [-0.05, 0) is 38.1 Å². The molecule has 2 heterocycles. The lowest BCUT2D eigenvalue weighted by Crippen LogP contribution is -2.22. The second-order valence-corrected chi connectivity index (χ2v) is 7.74. The molecule has 4 rings (SSSR count). The number of fused-ring (bicyclic) bond motifs is 1. The highest BCUT2D eigenvalue weighted by Gasteiger charge is 2.19. The van der Waals surface area contributed by atoms with Gasteiger partial charge in [-0.15, -0.1) is 11.3 Å². The summed E-state index contributed by atoms with van der Waals surface area (Å²) in [4.78, 5) is 11.5. The van der Waals surface area contributed by atoms with E-state index in [1.807, 2.05) is 24.3 Å². The number of benzene rings is 2. The van der Waals surface area contributed by atoms with Crippen LogP contribution in [0.5, 0.6) is 0 Å². The molecule has 0 saturated carbocycles. The normalized spacial score (nSPS) is 12.7. The molecule has 0 spiro atoms. The molecule has 0 aliphatic rings. The van der Waals surface area contributed by atoms with Crippen molar-refractivity contribution in [2.75, 3.05) is 7.05 Å². The number of hydrogen-bond acceptors (Lipinski definition) is 6. The maximum Gasteiger partial charge on any atom is 0.241 e. The standard InChI is InChI=1S/C21H22N4OS/c1-4-15-9-11-16(12-10-15)20-23-19(26-24-20)13-25(3)14(2)21-22-17-7-5-6-8-18(17)27-21/h5-12,14H,4,13H2,1-3H3. The largest absolute Gasteiger partial charge is 0.338 e. The predicted molar refractivity (Wildman–Crippen MR) is 109 cm³/mol. The minimum absolute atomic E-state index is 0.168. The van der Waals surface area contributed by atoms with Gasteiger partial charge in [0.2, 0.25) is 11.7 Å². The lowest BCUT2D eigenvalue weighted by molar-refractivity contribution is 0.216. The highest BCUT2D eigenvalue weighted by atomic mass is 32.1. The van der Waals surface area contributed by atoms with Crippen LogP contribution in [0.3, 0.4) is 0 Å².